The maximum Gasteiger partial charge on any atom is 0.243 e. The van der Waals surface area contributed by atoms with E-state index in [1.807, 2.05) is 60.8 Å². The van der Waals surface area contributed by atoms with Gasteiger partial charge in [0.25, 0.3) is 0 Å². The van der Waals surface area contributed by atoms with Crippen molar-refractivity contribution in [3.8, 4) is 0 Å². The van der Waals surface area contributed by atoms with Gasteiger partial charge in [0.2, 0.25) is 23.6 Å². The van der Waals surface area contributed by atoms with E-state index in [0.717, 1.165) is 22.0 Å². The Balaban J connectivity index is 1.81. The summed E-state index contributed by atoms with van der Waals surface area (Å²) in [5.41, 5.74) is 8.38. The van der Waals surface area contributed by atoms with Gasteiger partial charge in [-0.25, -0.2) is 0 Å². The molecule has 5 atom stereocenters. The Labute approximate surface area is 282 Å². The summed E-state index contributed by atoms with van der Waals surface area (Å²) in [5.74, 6) is -1.73. The third-order valence-corrected chi connectivity index (χ3v) is 8.14. The lowest BCUT2D eigenvalue weighted by Gasteiger charge is -2.26. The smallest absolute Gasteiger partial charge is 0.243 e. The minimum Gasteiger partial charge on any atom is -0.391 e. The van der Waals surface area contributed by atoms with E-state index >= 15 is 0 Å². The van der Waals surface area contributed by atoms with Gasteiger partial charge in [-0.3, -0.25) is 24.0 Å². The number of amides is 4. The summed E-state index contributed by atoms with van der Waals surface area (Å²) < 4.78 is 0. The quantitative estimate of drug-likeness (QED) is 0.0901. The van der Waals surface area contributed by atoms with Gasteiger partial charge in [0.05, 0.1) is 12.1 Å². The van der Waals surface area contributed by atoms with Gasteiger partial charge < -0.3 is 37.1 Å². The molecule has 8 N–H and O–H groups in total. The number of nitrogens with one attached hydrogen (secondary N) is 5. The third kappa shape index (κ3) is 12.9. The van der Waals surface area contributed by atoms with Gasteiger partial charge in [0.1, 0.15) is 11.8 Å². The minimum atomic E-state index is -0.991. The second kappa shape index (κ2) is 19.3. The fourth-order valence-electron chi connectivity index (χ4n) is 5.77. The molecule has 1 aromatic heterocycles. The zero-order valence-electron chi connectivity index (χ0n) is 28.1. The van der Waals surface area contributed by atoms with Crippen molar-refractivity contribution in [3.63, 3.8) is 0 Å². The highest BCUT2D eigenvalue weighted by molar-refractivity contribution is 5.90. The van der Waals surface area contributed by atoms with Gasteiger partial charge in [0.15, 0.2) is 0 Å². The molecule has 1 heterocycles. The summed E-state index contributed by atoms with van der Waals surface area (Å²) in [5, 5.41) is 22.5. The number of hydrogen-bond acceptors (Lipinski definition) is 7. The first-order valence-corrected chi connectivity index (χ1v) is 16.6. The number of nitrogens with two attached hydrogens (primary N) is 1. The van der Waals surface area contributed by atoms with Crippen molar-refractivity contribution in [1.82, 2.24) is 26.3 Å². The first-order valence-electron chi connectivity index (χ1n) is 16.6. The average molecular weight is 663 g/mol. The number of carbonyl (C=O) groups excluding carboxylic acids is 5. The first kappa shape index (κ1) is 37.9. The molecule has 0 radical (unpaired) electrons. The number of aliphatic hydroxyl groups is 1. The van der Waals surface area contributed by atoms with Crippen LogP contribution in [0.5, 0.6) is 0 Å². The predicted octanol–water partition coefficient (Wildman–Crippen LogP) is 2.18. The summed E-state index contributed by atoms with van der Waals surface area (Å²) >= 11 is 0. The number of H-pyrrole nitrogens is 1. The fourth-order valence-corrected chi connectivity index (χ4v) is 5.77. The molecule has 0 bridgehead atoms. The Morgan fingerprint density at radius 3 is 2.12 bits per heavy atom. The third-order valence-electron chi connectivity index (χ3n) is 8.14. The second-order valence-corrected chi connectivity index (χ2v) is 12.5. The van der Waals surface area contributed by atoms with Crippen LogP contribution in [0, 0.1) is 0 Å². The molecule has 2 aromatic carbocycles. The van der Waals surface area contributed by atoms with Crippen LogP contribution in [-0.2, 0) is 36.8 Å². The Bertz CT molecular complexity index is 1510. The van der Waals surface area contributed by atoms with E-state index in [4.69, 9.17) is 5.73 Å². The van der Waals surface area contributed by atoms with Crippen LogP contribution in [0.2, 0.25) is 0 Å². The Kier molecular flexibility index (Phi) is 15.3. The molecule has 3 rings (SSSR count). The lowest BCUT2D eigenvalue weighted by atomic mass is 10.00. The number of fused-ring (bicyclic) bond motifs is 1. The van der Waals surface area contributed by atoms with E-state index in [1.54, 1.807) is 0 Å². The highest BCUT2D eigenvalue weighted by Crippen LogP contribution is 2.20. The molecular formula is C36H50N6O6. The van der Waals surface area contributed by atoms with Crippen LogP contribution >= 0.6 is 0 Å². The summed E-state index contributed by atoms with van der Waals surface area (Å²) in [7, 11) is 0. The number of aliphatic hydroxyl groups excluding tert-OH is 1. The standard InChI is InChI=1S/C36H50N6O6/c1-23(43)17-32(24(2)44)41-34(46)20-28(13-9-10-16-37)40-36(48)33(19-27-22-38-31-15-8-7-14-30(27)31)42-35(47)21-29(39-25(3)45)18-26-11-5-4-6-12-26/h4-8,11-12,14-15,22,24,28-29,32-33,38,44H,9-10,13,16-21,37H2,1-3H3,(H,39,45)(H,40,48)(H,41,46)(H,42,47)/t24-,28+,29+,32-,33-/m1/s1. The molecule has 0 unspecified atom stereocenters. The summed E-state index contributed by atoms with van der Waals surface area (Å²) in [6.45, 7) is 4.74. The maximum atomic E-state index is 13.9. The summed E-state index contributed by atoms with van der Waals surface area (Å²) in [6.07, 6.45) is 3.12. The van der Waals surface area contributed by atoms with Gasteiger partial charge in [-0.15, -0.1) is 0 Å². The van der Waals surface area contributed by atoms with Crippen molar-refractivity contribution < 1.29 is 29.1 Å². The molecule has 0 saturated carbocycles. The molecule has 0 aliphatic carbocycles. The molecule has 12 nitrogen and oxygen atoms in total. The number of para-hydroxylation sites is 1. The molecule has 0 fully saturated rings. The lowest BCUT2D eigenvalue weighted by Crippen LogP contribution is -2.53. The number of unbranched alkanes of at least 4 members (excludes halogenated alkanes) is 1. The maximum absolute atomic E-state index is 13.9. The first-order chi connectivity index (χ1) is 22.9. The average Bonchev–Trinajstić information content (AvgIpc) is 3.43. The summed E-state index contributed by atoms with van der Waals surface area (Å²) in [4.78, 5) is 67.4. The van der Waals surface area contributed by atoms with Crippen LogP contribution < -0.4 is 27.0 Å². The number of hydrogen-bond donors (Lipinski definition) is 7. The normalized spacial score (nSPS) is 14.3. The second-order valence-electron chi connectivity index (χ2n) is 12.5. The van der Waals surface area contributed by atoms with Crippen LogP contribution in [0.4, 0.5) is 0 Å². The monoisotopic (exact) mass is 662 g/mol. The van der Waals surface area contributed by atoms with Gasteiger partial charge in [-0.05, 0) is 56.8 Å². The topological polar surface area (TPSA) is 196 Å². The SMILES string of the molecule is CC(=O)C[C@@H](NC(=O)C[C@H](CCCCN)NC(=O)[C@@H](Cc1c[nH]c2ccccc12)NC(=O)C[C@H](Cc1ccccc1)NC(C)=O)[C@@H](C)O. The van der Waals surface area contributed by atoms with Crippen LogP contribution in [0.25, 0.3) is 10.9 Å². The number of rotatable bonds is 20. The molecule has 0 aliphatic rings. The summed E-state index contributed by atoms with van der Waals surface area (Å²) in [6, 6.07) is 14.3. The van der Waals surface area contributed by atoms with Crippen molar-refractivity contribution in [1.29, 1.82) is 0 Å². The molecule has 0 aliphatic heterocycles. The number of aromatic amines is 1. The number of benzene rings is 2. The van der Waals surface area contributed by atoms with Crippen LogP contribution in [-0.4, -0.2) is 76.3 Å². The van der Waals surface area contributed by atoms with Crippen molar-refractivity contribution >= 4 is 40.3 Å². The number of carbonyl (C=O) groups is 5. The van der Waals surface area contributed by atoms with E-state index in [-0.39, 0.29) is 37.4 Å². The Hall–Kier alpha value is -4.55. The van der Waals surface area contributed by atoms with Crippen LogP contribution in [0.3, 0.4) is 0 Å². The fraction of sp³-hybridized carbons (Fsp3) is 0.472. The van der Waals surface area contributed by atoms with Gasteiger partial charge in [-0.2, -0.15) is 0 Å². The van der Waals surface area contributed by atoms with E-state index in [0.29, 0.717) is 32.2 Å². The number of ketones is 1. The molecule has 260 valence electrons. The van der Waals surface area contributed by atoms with Crippen molar-refractivity contribution in [2.45, 2.75) is 102 Å². The van der Waals surface area contributed by atoms with Gasteiger partial charge >= 0.3 is 0 Å². The highest BCUT2D eigenvalue weighted by atomic mass is 16.3. The Morgan fingerprint density at radius 2 is 1.46 bits per heavy atom. The lowest BCUT2D eigenvalue weighted by molar-refractivity contribution is -0.130. The minimum absolute atomic E-state index is 0.0178. The van der Waals surface area contributed by atoms with Crippen molar-refractivity contribution in [2.75, 3.05) is 6.54 Å². The largest absolute Gasteiger partial charge is 0.391 e. The van der Waals surface area contributed by atoms with E-state index in [9.17, 15) is 29.1 Å². The van der Waals surface area contributed by atoms with Crippen molar-refractivity contribution in [2.24, 2.45) is 5.73 Å². The predicted molar refractivity (Wildman–Crippen MR) is 185 cm³/mol. The van der Waals surface area contributed by atoms with Crippen molar-refractivity contribution in [3.05, 3.63) is 71.9 Å². The number of aromatic nitrogens is 1. The zero-order chi connectivity index (χ0) is 35.1. The number of Topliss-reactive ketones (excluding diaryl/α,β-unsaturated/α-hetero) is 1. The highest BCUT2D eigenvalue weighted by Gasteiger charge is 2.28. The van der Waals surface area contributed by atoms with Gasteiger partial charge in [0, 0.05) is 61.8 Å². The molecule has 0 saturated heterocycles. The van der Waals surface area contributed by atoms with E-state index in [2.05, 4.69) is 26.3 Å². The molecule has 48 heavy (non-hydrogen) atoms. The molecular weight excluding hydrogens is 612 g/mol. The molecule has 3 aromatic rings. The Morgan fingerprint density at radius 1 is 0.792 bits per heavy atom. The van der Waals surface area contributed by atoms with Crippen LogP contribution in [0.15, 0.2) is 60.8 Å². The van der Waals surface area contributed by atoms with Gasteiger partial charge in [-0.1, -0.05) is 55.0 Å². The van der Waals surface area contributed by atoms with Crippen LogP contribution in [0.1, 0.15) is 70.4 Å². The molecule has 0 spiro atoms. The van der Waals surface area contributed by atoms with E-state index < -0.39 is 48.0 Å². The molecule has 12 heteroatoms. The zero-order valence-corrected chi connectivity index (χ0v) is 28.1. The molecule has 4 amide bonds. The van der Waals surface area contributed by atoms with E-state index in [1.165, 1.54) is 20.8 Å².